The molecule has 0 aromatic heterocycles. The third-order valence-electron chi connectivity index (χ3n) is 4.22. The topological polar surface area (TPSA) is 29.5 Å². The highest BCUT2D eigenvalue weighted by molar-refractivity contribution is 9.11. The van der Waals surface area contributed by atoms with Crippen LogP contribution in [0, 0.1) is 5.92 Å². The van der Waals surface area contributed by atoms with E-state index < -0.39 is 0 Å². The van der Waals surface area contributed by atoms with Gasteiger partial charge in [0, 0.05) is 16.6 Å². The molecule has 2 aliphatic rings. The lowest BCUT2D eigenvalue weighted by Gasteiger charge is -2.29. The second-order valence-corrected chi connectivity index (χ2v) is 7.74. The molecule has 0 heterocycles. The monoisotopic (exact) mass is 415 g/mol. The lowest BCUT2D eigenvalue weighted by molar-refractivity contribution is -0.136. The first-order chi connectivity index (χ1) is 10.1. The number of amides is 1. The molecule has 114 valence electrons. The molecule has 1 aromatic rings. The van der Waals surface area contributed by atoms with Gasteiger partial charge >= 0.3 is 0 Å². The van der Waals surface area contributed by atoms with Crippen LogP contribution in [0.5, 0.6) is 5.75 Å². The zero-order valence-electron chi connectivity index (χ0n) is 12.0. The van der Waals surface area contributed by atoms with Crippen LogP contribution in [0.2, 0.25) is 0 Å². The summed E-state index contributed by atoms with van der Waals surface area (Å²) in [5, 5.41) is 0. The summed E-state index contributed by atoms with van der Waals surface area (Å²) in [4.78, 5) is 14.6. The Balaban J connectivity index is 1.61. The van der Waals surface area contributed by atoms with Gasteiger partial charge in [-0.1, -0.05) is 15.9 Å². The molecule has 1 amide bonds. The van der Waals surface area contributed by atoms with Crippen molar-refractivity contribution in [3.63, 3.8) is 0 Å². The molecule has 0 saturated heterocycles. The van der Waals surface area contributed by atoms with E-state index in [2.05, 4.69) is 43.7 Å². The second-order valence-electron chi connectivity index (χ2n) is 5.97. The number of carbonyl (C=O) groups excluding carboxylic acids is 1. The summed E-state index contributed by atoms with van der Waals surface area (Å²) in [5.74, 6) is 1.53. The largest absolute Gasteiger partial charge is 0.483 e. The quantitative estimate of drug-likeness (QED) is 0.688. The van der Waals surface area contributed by atoms with Gasteiger partial charge in [-0.2, -0.15) is 0 Å². The minimum atomic E-state index is 0.117. The number of hydrogen-bond donors (Lipinski definition) is 0. The van der Waals surface area contributed by atoms with Crippen LogP contribution in [0.4, 0.5) is 0 Å². The predicted molar refractivity (Wildman–Crippen MR) is 89.4 cm³/mol. The van der Waals surface area contributed by atoms with Crippen molar-refractivity contribution in [1.29, 1.82) is 0 Å². The Morgan fingerprint density at radius 2 is 2.05 bits per heavy atom. The molecule has 21 heavy (non-hydrogen) atoms. The molecule has 1 unspecified atom stereocenters. The Hall–Kier alpha value is -0.550. The highest BCUT2D eigenvalue weighted by Gasteiger charge is 2.41. The molecule has 0 radical (unpaired) electrons. The van der Waals surface area contributed by atoms with Crippen molar-refractivity contribution in [3.05, 3.63) is 27.1 Å². The number of ether oxygens (including phenoxy) is 1. The number of carbonyl (C=O) groups is 1. The Morgan fingerprint density at radius 1 is 1.33 bits per heavy atom. The molecule has 1 aromatic carbocycles. The number of hydrogen-bond acceptors (Lipinski definition) is 2. The third kappa shape index (κ3) is 3.81. The molecule has 2 aliphatic carbocycles. The van der Waals surface area contributed by atoms with E-state index in [9.17, 15) is 4.79 Å². The van der Waals surface area contributed by atoms with E-state index in [0.29, 0.717) is 23.8 Å². The Bertz CT molecular complexity index is 541. The molecule has 3 nitrogen and oxygen atoms in total. The maximum Gasteiger partial charge on any atom is 0.261 e. The lowest BCUT2D eigenvalue weighted by Crippen LogP contribution is -2.44. The van der Waals surface area contributed by atoms with E-state index in [1.807, 2.05) is 18.2 Å². The van der Waals surface area contributed by atoms with Gasteiger partial charge < -0.3 is 9.64 Å². The van der Waals surface area contributed by atoms with Crippen LogP contribution in [0.15, 0.2) is 27.1 Å². The van der Waals surface area contributed by atoms with Gasteiger partial charge in [-0.15, -0.1) is 0 Å². The average Bonchev–Trinajstić information content (AvgIpc) is 3.29. The van der Waals surface area contributed by atoms with Gasteiger partial charge in [-0.25, -0.2) is 0 Å². The molecule has 3 rings (SSSR count). The zero-order valence-corrected chi connectivity index (χ0v) is 15.2. The summed E-state index contributed by atoms with van der Waals surface area (Å²) in [7, 11) is 0. The molecule has 2 fully saturated rings. The Labute approximate surface area is 142 Å². The smallest absolute Gasteiger partial charge is 0.261 e. The van der Waals surface area contributed by atoms with Crippen molar-refractivity contribution in [3.8, 4) is 5.75 Å². The summed E-state index contributed by atoms with van der Waals surface area (Å²) in [6.45, 7) is 2.30. The highest BCUT2D eigenvalue weighted by Crippen LogP contribution is 2.39. The van der Waals surface area contributed by atoms with Crippen molar-refractivity contribution in [2.24, 2.45) is 5.92 Å². The van der Waals surface area contributed by atoms with Crippen LogP contribution in [-0.2, 0) is 4.79 Å². The molecule has 5 heteroatoms. The van der Waals surface area contributed by atoms with Crippen molar-refractivity contribution in [2.75, 3.05) is 6.61 Å². The minimum absolute atomic E-state index is 0.117. The van der Waals surface area contributed by atoms with E-state index in [1.165, 1.54) is 12.8 Å². The van der Waals surface area contributed by atoms with E-state index >= 15 is 0 Å². The normalized spacial score (nSPS) is 19.2. The van der Waals surface area contributed by atoms with Crippen molar-refractivity contribution >= 4 is 37.8 Å². The van der Waals surface area contributed by atoms with Crippen LogP contribution in [0.25, 0.3) is 0 Å². The first-order valence-electron chi connectivity index (χ1n) is 7.45. The molecule has 0 spiro atoms. The van der Waals surface area contributed by atoms with Crippen molar-refractivity contribution < 1.29 is 9.53 Å². The molecule has 2 saturated carbocycles. The maximum absolute atomic E-state index is 12.5. The van der Waals surface area contributed by atoms with E-state index in [4.69, 9.17) is 4.74 Å². The zero-order chi connectivity index (χ0) is 15.0. The Kier molecular flexibility index (Phi) is 4.60. The molecule has 1 atom stereocenters. The van der Waals surface area contributed by atoms with Gasteiger partial charge in [0.2, 0.25) is 0 Å². The minimum Gasteiger partial charge on any atom is -0.483 e. The average molecular weight is 417 g/mol. The van der Waals surface area contributed by atoms with E-state index in [0.717, 1.165) is 21.8 Å². The van der Waals surface area contributed by atoms with Gasteiger partial charge in [-0.05, 0) is 72.7 Å². The van der Waals surface area contributed by atoms with Crippen molar-refractivity contribution in [2.45, 2.75) is 44.7 Å². The fourth-order valence-electron chi connectivity index (χ4n) is 2.73. The number of nitrogens with zero attached hydrogens (tertiary/aromatic N) is 1. The van der Waals surface area contributed by atoms with Gasteiger partial charge in [0.1, 0.15) is 5.75 Å². The highest BCUT2D eigenvalue weighted by atomic mass is 79.9. The fourth-order valence-corrected chi connectivity index (χ4v) is 3.89. The maximum atomic E-state index is 12.5. The Morgan fingerprint density at radius 3 is 2.62 bits per heavy atom. The molecule has 0 aliphatic heterocycles. The first kappa shape index (κ1) is 15.3. The van der Waals surface area contributed by atoms with Crippen LogP contribution >= 0.6 is 31.9 Å². The fraction of sp³-hybridized carbons (Fsp3) is 0.562. The molecule has 0 bridgehead atoms. The van der Waals surface area contributed by atoms with Crippen molar-refractivity contribution in [1.82, 2.24) is 4.90 Å². The van der Waals surface area contributed by atoms with Gasteiger partial charge in [0.05, 0.1) is 4.47 Å². The van der Waals surface area contributed by atoms with E-state index in [1.54, 1.807) is 0 Å². The molecular formula is C16H19Br2NO2. The van der Waals surface area contributed by atoms with Gasteiger partial charge in [0.15, 0.2) is 6.61 Å². The number of halogens is 2. The van der Waals surface area contributed by atoms with Crippen LogP contribution < -0.4 is 4.74 Å². The predicted octanol–water partition coefficient (Wildman–Crippen LogP) is 4.38. The number of rotatable bonds is 6. The first-order valence-corrected chi connectivity index (χ1v) is 9.04. The third-order valence-corrected chi connectivity index (χ3v) is 5.33. The summed E-state index contributed by atoms with van der Waals surface area (Å²) in [5.41, 5.74) is 0. The lowest BCUT2D eigenvalue weighted by atomic mass is 10.1. The number of benzene rings is 1. The van der Waals surface area contributed by atoms with Gasteiger partial charge in [-0.3, -0.25) is 4.79 Å². The van der Waals surface area contributed by atoms with Gasteiger partial charge in [0.25, 0.3) is 5.91 Å². The molecule has 0 N–H and O–H groups in total. The van der Waals surface area contributed by atoms with E-state index in [-0.39, 0.29) is 12.5 Å². The van der Waals surface area contributed by atoms with Crippen LogP contribution in [0.3, 0.4) is 0 Å². The summed E-state index contributed by atoms with van der Waals surface area (Å²) in [6, 6.07) is 6.51. The molecular weight excluding hydrogens is 398 g/mol. The standard InChI is InChI=1S/C16H19Br2NO2/c1-10(11-2-3-11)19(13-5-6-13)16(20)9-21-15-7-4-12(17)8-14(15)18/h4,7-8,10-11,13H,2-3,5-6,9H2,1H3. The summed E-state index contributed by atoms with van der Waals surface area (Å²) >= 11 is 6.87. The summed E-state index contributed by atoms with van der Waals surface area (Å²) in [6.07, 6.45) is 4.81. The van der Waals surface area contributed by atoms with Crippen LogP contribution in [0.1, 0.15) is 32.6 Å². The second kappa shape index (κ2) is 6.29. The SMILES string of the molecule is CC(C1CC1)N(C(=O)COc1ccc(Br)cc1Br)C1CC1. The summed E-state index contributed by atoms with van der Waals surface area (Å²) < 4.78 is 7.54. The van der Waals surface area contributed by atoms with Crippen LogP contribution in [-0.4, -0.2) is 29.5 Å².